The summed E-state index contributed by atoms with van der Waals surface area (Å²) in [4.78, 5) is 50.8. The van der Waals surface area contributed by atoms with Crippen molar-refractivity contribution in [2.24, 2.45) is 0 Å². The summed E-state index contributed by atoms with van der Waals surface area (Å²) in [5.74, 6) is -2.21. The van der Waals surface area contributed by atoms with Crippen LogP contribution in [0.3, 0.4) is 0 Å². The number of hydrogen-bond donors (Lipinski definition) is 0. The Hall–Kier alpha value is -2.70. The van der Waals surface area contributed by atoms with E-state index in [1.165, 1.54) is 12.6 Å². The monoisotopic (exact) mass is 329 g/mol. The second kappa shape index (κ2) is 6.07. The van der Waals surface area contributed by atoms with Crippen LogP contribution < -0.4 is 0 Å². The van der Waals surface area contributed by atoms with Crippen molar-refractivity contribution in [2.45, 2.75) is 25.3 Å². The number of carbonyl (C=O) groups is 4. The van der Waals surface area contributed by atoms with Crippen LogP contribution in [0.2, 0.25) is 0 Å². The molecule has 1 aliphatic carbocycles. The van der Waals surface area contributed by atoms with Crippen molar-refractivity contribution in [2.75, 3.05) is 20.6 Å². The molecular weight excluding hydrogens is 310 g/mol. The van der Waals surface area contributed by atoms with Gasteiger partial charge in [-0.2, -0.15) is 0 Å². The highest BCUT2D eigenvalue weighted by Crippen LogP contribution is 2.33. The molecule has 1 heterocycles. The summed E-state index contributed by atoms with van der Waals surface area (Å²) in [6, 6.07) is 7.15. The highest BCUT2D eigenvalue weighted by atomic mass is 16.2. The molecule has 7 nitrogen and oxygen atoms in total. The van der Waals surface area contributed by atoms with Gasteiger partial charge in [0.2, 0.25) is 5.91 Å². The zero-order valence-electron chi connectivity index (χ0n) is 13.7. The molecule has 0 saturated carbocycles. The average molecular weight is 329 g/mol. The summed E-state index contributed by atoms with van der Waals surface area (Å²) < 4.78 is 0. The van der Waals surface area contributed by atoms with E-state index in [-0.39, 0.29) is 11.9 Å². The van der Waals surface area contributed by atoms with Crippen molar-refractivity contribution in [1.82, 2.24) is 14.7 Å². The molecule has 3 rings (SSSR count). The second-order valence-corrected chi connectivity index (χ2v) is 6.15. The van der Waals surface area contributed by atoms with Crippen molar-refractivity contribution in [3.8, 4) is 0 Å². The van der Waals surface area contributed by atoms with E-state index in [9.17, 15) is 19.2 Å². The lowest BCUT2D eigenvalue weighted by molar-refractivity contribution is -0.144. The zero-order chi connectivity index (χ0) is 17.4. The van der Waals surface area contributed by atoms with Crippen LogP contribution in [0.15, 0.2) is 24.3 Å². The summed E-state index contributed by atoms with van der Waals surface area (Å²) >= 11 is 0. The molecular formula is C17H19N3O4. The van der Waals surface area contributed by atoms with Gasteiger partial charge in [0.05, 0.1) is 6.04 Å². The van der Waals surface area contributed by atoms with Crippen LogP contribution in [0.25, 0.3) is 0 Å². The van der Waals surface area contributed by atoms with E-state index in [0.717, 1.165) is 29.7 Å². The predicted octanol–water partition coefficient (Wildman–Crippen LogP) is 0.943. The quantitative estimate of drug-likeness (QED) is 0.611. The summed E-state index contributed by atoms with van der Waals surface area (Å²) in [7, 11) is 2.90. The average Bonchev–Trinajstić information content (AvgIpc) is 2.78. The molecule has 24 heavy (non-hydrogen) atoms. The first kappa shape index (κ1) is 16.2. The van der Waals surface area contributed by atoms with E-state index in [4.69, 9.17) is 0 Å². The van der Waals surface area contributed by atoms with Gasteiger partial charge in [-0.3, -0.25) is 19.3 Å². The third-order valence-corrected chi connectivity index (χ3v) is 4.74. The molecule has 5 amide bonds. The number of rotatable bonds is 3. The maximum Gasteiger partial charge on any atom is 0.334 e. The largest absolute Gasteiger partial charge is 0.337 e. The maximum atomic E-state index is 12.6. The fourth-order valence-electron chi connectivity index (χ4n) is 3.30. The Bertz CT molecular complexity index is 730. The van der Waals surface area contributed by atoms with Crippen molar-refractivity contribution in [3.63, 3.8) is 0 Å². The Kier molecular flexibility index (Phi) is 4.09. The zero-order valence-corrected chi connectivity index (χ0v) is 13.7. The Morgan fingerprint density at radius 1 is 1.21 bits per heavy atom. The molecule has 0 aromatic heterocycles. The van der Waals surface area contributed by atoms with E-state index in [2.05, 4.69) is 6.07 Å². The number of likely N-dealkylation sites (N-methyl/N-ethyl adjacent to an activating group) is 2. The predicted molar refractivity (Wildman–Crippen MR) is 84.8 cm³/mol. The number of benzene rings is 1. The van der Waals surface area contributed by atoms with Crippen molar-refractivity contribution >= 4 is 23.8 Å². The van der Waals surface area contributed by atoms with Gasteiger partial charge in [0, 0.05) is 14.1 Å². The van der Waals surface area contributed by atoms with E-state index in [1.54, 1.807) is 11.9 Å². The van der Waals surface area contributed by atoms with Gasteiger partial charge in [0.15, 0.2) is 0 Å². The number of carbonyl (C=O) groups excluding carboxylic acids is 4. The molecule has 1 fully saturated rings. The Balaban J connectivity index is 1.76. The third kappa shape index (κ3) is 2.55. The number of urea groups is 1. The highest BCUT2D eigenvalue weighted by molar-refractivity contribution is 6.44. The fraction of sp³-hybridized carbons (Fsp3) is 0.412. The molecule has 2 aliphatic rings. The van der Waals surface area contributed by atoms with Crippen LogP contribution >= 0.6 is 0 Å². The first-order chi connectivity index (χ1) is 11.4. The van der Waals surface area contributed by atoms with Crippen LogP contribution in [0.1, 0.15) is 30.0 Å². The minimum absolute atomic E-state index is 0.0799. The molecule has 0 N–H and O–H groups in total. The highest BCUT2D eigenvalue weighted by Gasteiger charge is 2.43. The van der Waals surface area contributed by atoms with Crippen LogP contribution in [-0.2, 0) is 20.8 Å². The van der Waals surface area contributed by atoms with E-state index in [0.29, 0.717) is 4.90 Å². The summed E-state index contributed by atoms with van der Waals surface area (Å²) in [6.45, 7) is -0.414. The molecule has 1 aliphatic heterocycles. The van der Waals surface area contributed by atoms with Gasteiger partial charge in [0.1, 0.15) is 6.54 Å². The van der Waals surface area contributed by atoms with Crippen molar-refractivity contribution in [3.05, 3.63) is 35.4 Å². The fourth-order valence-corrected chi connectivity index (χ4v) is 3.30. The minimum Gasteiger partial charge on any atom is -0.337 e. The molecule has 0 unspecified atom stereocenters. The van der Waals surface area contributed by atoms with Crippen LogP contribution in [-0.4, -0.2) is 59.1 Å². The summed E-state index contributed by atoms with van der Waals surface area (Å²) in [5.41, 5.74) is 2.32. The van der Waals surface area contributed by atoms with Gasteiger partial charge in [-0.25, -0.2) is 9.69 Å². The number of imide groups is 2. The molecule has 1 atom stereocenters. The first-order valence-corrected chi connectivity index (χ1v) is 7.88. The number of nitrogens with zero attached hydrogens (tertiary/aromatic N) is 3. The van der Waals surface area contributed by atoms with Gasteiger partial charge in [-0.15, -0.1) is 0 Å². The second-order valence-electron chi connectivity index (χ2n) is 6.15. The number of fused-ring (bicyclic) bond motifs is 1. The van der Waals surface area contributed by atoms with Crippen LogP contribution in [0, 0.1) is 0 Å². The van der Waals surface area contributed by atoms with Crippen molar-refractivity contribution < 1.29 is 19.2 Å². The van der Waals surface area contributed by atoms with Gasteiger partial charge < -0.3 is 4.90 Å². The number of aryl methyl sites for hydroxylation is 1. The number of amides is 5. The normalized spacial score (nSPS) is 20.4. The molecule has 1 saturated heterocycles. The molecule has 0 radical (unpaired) electrons. The van der Waals surface area contributed by atoms with Gasteiger partial charge in [-0.1, -0.05) is 24.3 Å². The molecule has 1 aromatic rings. The summed E-state index contributed by atoms with van der Waals surface area (Å²) in [5, 5.41) is 0. The SMILES string of the molecule is CN1C(=O)C(=O)N(CC(=O)N(C)[C@@H]2CCCc3ccccc32)C1=O. The van der Waals surface area contributed by atoms with E-state index in [1.807, 2.05) is 18.2 Å². The summed E-state index contributed by atoms with van der Waals surface area (Å²) in [6.07, 6.45) is 2.79. The Labute approximate surface area is 139 Å². The van der Waals surface area contributed by atoms with E-state index < -0.39 is 24.4 Å². The smallest absolute Gasteiger partial charge is 0.334 e. The molecule has 0 bridgehead atoms. The van der Waals surface area contributed by atoms with E-state index >= 15 is 0 Å². The third-order valence-electron chi connectivity index (χ3n) is 4.74. The molecule has 1 aromatic carbocycles. The minimum atomic E-state index is -0.951. The van der Waals surface area contributed by atoms with Gasteiger partial charge in [0.25, 0.3) is 0 Å². The topological polar surface area (TPSA) is 78.0 Å². The van der Waals surface area contributed by atoms with Gasteiger partial charge >= 0.3 is 17.8 Å². The molecule has 126 valence electrons. The van der Waals surface area contributed by atoms with Crippen molar-refractivity contribution in [1.29, 1.82) is 0 Å². The number of hydrogen-bond acceptors (Lipinski definition) is 4. The lowest BCUT2D eigenvalue weighted by atomic mass is 9.87. The lowest BCUT2D eigenvalue weighted by Gasteiger charge is -2.33. The standard InChI is InChI=1S/C17H19N3O4/c1-18(13-9-5-7-11-6-3-4-8-12(11)13)14(21)10-20-16(23)15(22)19(2)17(20)24/h3-4,6,8,13H,5,7,9-10H2,1-2H3/t13-/m1/s1. The Morgan fingerprint density at radius 2 is 1.92 bits per heavy atom. The van der Waals surface area contributed by atoms with Gasteiger partial charge in [-0.05, 0) is 30.4 Å². The maximum absolute atomic E-state index is 12.6. The Morgan fingerprint density at radius 3 is 2.58 bits per heavy atom. The van der Waals surface area contributed by atoms with Crippen LogP contribution in [0.4, 0.5) is 4.79 Å². The molecule has 7 heteroatoms. The lowest BCUT2D eigenvalue weighted by Crippen LogP contribution is -2.43. The molecule has 0 spiro atoms. The van der Waals surface area contributed by atoms with Crippen LogP contribution in [0.5, 0.6) is 0 Å². The first-order valence-electron chi connectivity index (χ1n) is 7.88.